The van der Waals surface area contributed by atoms with Crippen molar-refractivity contribution in [1.82, 2.24) is 0 Å². The van der Waals surface area contributed by atoms with E-state index in [1.165, 1.54) is 24.0 Å². The van der Waals surface area contributed by atoms with Crippen LogP contribution in [0.15, 0.2) is 18.2 Å². The van der Waals surface area contributed by atoms with Crippen LogP contribution in [0.5, 0.6) is 0 Å². The highest BCUT2D eigenvalue weighted by molar-refractivity contribution is 5.49. The molecule has 17 heavy (non-hydrogen) atoms. The third-order valence-electron chi connectivity index (χ3n) is 3.84. The molecule has 0 spiro atoms. The monoisotopic (exact) mass is 233 g/mol. The van der Waals surface area contributed by atoms with Crippen molar-refractivity contribution in [3.8, 4) is 0 Å². The number of anilines is 1. The molecule has 94 valence electrons. The van der Waals surface area contributed by atoms with E-state index in [0.717, 1.165) is 24.9 Å². The lowest BCUT2D eigenvalue weighted by molar-refractivity contribution is 0.144. The van der Waals surface area contributed by atoms with Gasteiger partial charge in [-0.3, -0.25) is 0 Å². The third-order valence-corrected chi connectivity index (χ3v) is 3.84. The summed E-state index contributed by atoms with van der Waals surface area (Å²) in [6, 6.07) is 6.65. The Bertz CT molecular complexity index is 375. The molecule has 2 N–H and O–H groups in total. The number of hydrogen-bond donors (Lipinski definition) is 2. The number of aryl methyl sites for hydroxylation is 2. The maximum absolute atomic E-state index is 10.1. The van der Waals surface area contributed by atoms with Crippen molar-refractivity contribution >= 4 is 5.69 Å². The summed E-state index contributed by atoms with van der Waals surface area (Å²) in [7, 11) is 0. The zero-order valence-electron chi connectivity index (χ0n) is 10.9. The van der Waals surface area contributed by atoms with Gasteiger partial charge in [-0.05, 0) is 49.9 Å². The van der Waals surface area contributed by atoms with Crippen molar-refractivity contribution in [2.24, 2.45) is 0 Å². The Morgan fingerprint density at radius 3 is 2.59 bits per heavy atom. The second-order valence-corrected chi connectivity index (χ2v) is 5.26. The number of aliphatic hydroxyl groups excluding tert-OH is 1. The molecule has 2 nitrogen and oxygen atoms in total. The summed E-state index contributed by atoms with van der Waals surface area (Å²) < 4.78 is 0. The molecule has 2 heteroatoms. The van der Waals surface area contributed by atoms with E-state index in [2.05, 4.69) is 37.4 Å². The average molecular weight is 233 g/mol. The first-order valence-corrected chi connectivity index (χ1v) is 6.68. The number of nitrogens with one attached hydrogen (secondary N) is 1. The summed E-state index contributed by atoms with van der Waals surface area (Å²) in [5, 5.41) is 13.6. The number of rotatable bonds is 2. The van der Waals surface area contributed by atoms with Crippen LogP contribution >= 0.6 is 0 Å². The highest BCUT2D eigenvalue weighted by atomic mass is 16.3. The van der Waals surface area contributed by atoms with Crippen LogP contribution in [0.25, 0.3) is 0 Å². The largest absolute Gasteiger partial charge is 0.391 e. The van der Waals surface area contributed by atoms with Crippen molar-refractivity contribution in [3.05, 3.63) is 29.3 Å². The highest BCUT2D eigenvalue weighted by Gasteiger charge is 2.21. The van der Waals surface area contributed by atoms with Crippen LogP contribution in [0.4, 0.5) is 5.69 Å². The normalized spacial score (nSPS) is 25.4. The van der Waals surface area contributed by atoms with E-state index in [0.29, 0.717) is 0 Å². The second-order valence-electron chi connectivity index (χ2n) is 5.26. The maximum atomic E-state index is 10.1. The van der Waals surface area contributed by atoms with Crippen LogP contribution in [-0.2, 0) is 0 Å². The van der Waals surface area contributed by atoms with Gasteiger partial charge in [-0.1, -0.05) is 25.3 Å². The Labute approximate surface area is 104 Å². The molecule has 0 heterocycles. The first-order valence-electron chi connectivity index (χ1n) is 6.68. The summed E-state index contributed by atoms with van der Waals surface area (Å²) in [5.41, 5.74) is 3.76. The molecule has 1 fully saturated rings. The van der Waals surface area contributed by atoms with E-state index in [9.17, 15) is 5.11 Å². The van der Waals surface area contributed by atoms with E-state index in [4.69, 9.17) is 0 Å². The number of benzene rings is 1. The van der Waals surface area contributed by atoms with Crippen molar-refractivity contribution in [2.75, 3.05) is 5.32 Å². The fourth-order valence-corrected chi connectivity index (χ4v) is 2.50. The van der Waals surface area contributed by atoms with Gasteiger partial charge in [0, 0.05) is 5.69 Å². The predicted molar refractivity (Wildman–Crippen MR) is 72.4 cm³/mol. The minimum Gasteiger partial charge on any atom is -0.391 e. The molecule has 0 bridgehead atoms. The molecule has 0 aromatic heterocycles. The average Bonchev–Trinajstić information content (AvgIpc) is 2.50. The molecule has 1 saturated carbocycles. The summed E-state index contributed by atoms with van der Waals surface area (Å²) in [6.07, 6.45) is 5.45. The number of hydrogen-bond acceptors (Lipinski definition) is 2. The lowest BCUT2D eigenvalue weighted by Gasteiger charge is -2.23. The van der Waals surface area contributed by atoms with E-state index >= 15 is 0 Å². The van der Waals surface area contributed by atoms with Crippen LogP contribution < -0.4 is 5.32 Å². The first kappa shape index (κ1) is 12.4. The molecule has 1 aliphatic rings. The molecule has 0 amide bonds. The van der Waals surface area contributed by atoms with Crippen LogP contribution in [0.1, 0.15) is 43.2 Å². The van der Waals surface area contributed by atoms with Gasteiger partial charge in [-0.15, -0.1) is 0 Å². The van der Waals surface area contributed by atoms with Gasteiger partial charge in [0.1, 0.15) is 0 Å². The highest BCUT2D eigenvalue weighted by Crippen LogP contribution is 2.22. The minimum atomic E-state index is -0.195. The Morgan fingerprint density at radius 1 is 1.06 bits per heavy atom. The molecule has 2 unspecified atom stereocenters. The summed E-state index contributed by atoms with van der Waals surface area (Å²) in [6.45, 7) is 4.25. The van der Waals surface area contributed by atoms with E-state index < -0.39 is 0 Å². The summed E-state index contributed by atoms with van der Waals surface area (Å²) >= 11 is 0. The molecule has 0 aliphatic heterocycles. The van der Waals surface area contributed by atoms with Gasteiger partial charge in [0.2, 0.25) is 0 Å². The third kappa shape index (κ3) is 3.22. The van der Waals surface area contributed by atoms with Gasteiger partial charge in [-0.25, -0.2) is 0 Å². The van der Waals surface area contributed by atoms with Crippen molar-refractivity contribution in [2.45, 2.75) is 58.1 Å². The fraction of sp³-hybridized carbons (Fsp3) is 0.600. The Kier molecular flexibility index (Phi) is 4.06. The standard InChI is InChI=1S/C15H23NO/c1-11-8-9-13(10-12(11)2)16-14-6-4-3-5-7-15(14)17/h8-10,14-17H,3-7H2,1-2H3. The van der Waals surface area contributed by atoms with Gasteiger partial charge < -0.3 is 10.4 Å². The van der Waals surface area contributed by atoms with E-state index in [-0.39, 0.29) is 12.1 Å². The maximum Gasteiger partial charge on any atom is 0.0741 e. The van der Waals surface area contributed by atoms with Crippen molar-refractivity contribution < 1.29 is 5.11 Å². The molecule has 1 aromatic rings. The van der Waals surface area contributed by atoms with Gasteiger partial charge in [0.25, 0.3) is 0 Å². The van der Waals surface area contributed by atoms with Gasteiger partial charge in [-0.2, -0.15) is 0 Å². The van der Waals surface area contributed by atoms with Crippen LogP contribution in [0.2, 0.25) is 0 Å². The molecular formula is C15H23NO. The molecule has 1 aliphatic carbocycles. The zero-order valence-corrected chi connectivity index (χ0v) is 10.9. The van der Waals surface area contributed by atoms with Crippen LogP contribution in [0.3, 0.4) is 0 Å². The van der Waals surface area contributed by atoms with E-state index in [1.54, 1.807) is 0 Å². The molecule has 1 aromatic carbocycles. The quantitative estimate of drug-likeness (QED) is 0.767. The summed E-state index contributed by atoms with van der Waals surface area (Å²) in [5.74, 6) is 0. The fourth-order valence-electron chi connectivity index (χ4n) is 2.50. The minimum absolute atomic E-state index is 0.195. The summed E-state index contributed by atoms with van der Waals surface area (Å²) in [4.78, 5) is 0. The SMILES string of the molecule is Cc1ccc(NC2CCCCCC2O)cc1C. The van der Waals surface area contributed by atoms with Crippen molar-refractivity contribution in [3.63, 3.8) is 0 Å². The first-order chi connectivity index (χ1) is 8.16. The topological polar surface area (TPSA) is 32.3 Å². The molecule has 2 atom stereocenters. The molecular weight excluding hydrogens is 210 g/mol. The number of aliphatic hydroxyl groups is 1. The zero-order chi connectivity index (χ0) is 12.3. The smallest absolute Gasteiger partial charge is 0.0741 e. The van der Waals surface area contributed by atoms with Crippen molar-refractivity contribution in [1.29, 1.82) is 0 Å². The molecule has 2 rings (SSSR count). The Hall–Kier alpha value is -1.02. The lowest BCUT2D eigenvalue weighted by atomic mass is 10.0. The van der Waals surface area contributed by atoms with E-state index in [1.807, 2.05) is 0 Å². The molecule has 0 radical (unpaired) electrons. The van der Waals surface area contributed by atoms with Gasteiger partial charge in [0.15, 0.2) is 0 Å². The Balaban J connectivity index is 2.05. The van der Waals surface area contributed by atoms with Gasteiger partial charge in [0.05, 0.1) is 12.1 Å². The second kappa shape index (κ2) is 5.54. The van der Waals surface area contributed by atoms with Crippen LogP contribution in [0, 0.1) is 13.8 Å². The lowest BCUT2D eigenvalue weighted by Crippen LogP contribution is -2.32. The molecule has 0 saturated heterocycles. The van der Waals surface area contributed by atoms with Gasteiger partial charge >= 0.3 is 0 Å². The predicted octanol–water partition coefficient (Wildman–Crippen LogP) is 3.41. The van der Waals surface area contributed by atoms with Crippen LogP contribution in [-0.4, -0.2) is 17.3 Å². The Morgan fingerprint density at radius 2 is 1.82 bits per heavy atom.